The fraction of sp³-hybridized carbons (Fsp3) is 0.474. The molecule has 148 valence electrons. The Hall–Kier alpha value is -1.83. The van der Waals surface area contributed by atoms with Gasteiger partial charge < -0.3 is 14.4 Å². The van der Waals surface area contributed by atoms with E-state index in [0.717, 1.165) is 28.7 Å². The van der Waals surface area contributed by atoms with E-state index < -0.39 is 0 Å². The summed E-state index contributed by atoms with van der Waals surface area (Å²) >= 11 is 1.54. The Balaban J connectivity index is 0.00000261. The number of carbonyl (C=O) groups excluding carboxylic acids is 1. The Morgan fingerprint density at radius 3 is 2.67 bits per heavy atom. The predicted molar refractivity (Wildman–Crippen MR) is 112 cm³/mol. The molecular weight excluding hydrogens is 386 g/mol. The van der Waals surface area contributed by atoms with Gasteiger partial charge in [-0.15, -0.1) is 12.4 Å². The Kier molecular flexibility index (Phi) is 7.47. The van der Waals surface area contributed by atoms with Crippen LogP contribution in [0, 0.1) is 13.8 Å². The third-order valence-electron chi connectivity index (χ3n) is 4.40. The average molecular weight is 412 g/mol. The largest absolute Gasteiger partial charge is 0.494 e. The number of carbonyl (C=O) groups is 1. The third kappa shape index (κ3) is 4.91. The number of rotatable bonds is 6. The van der Waals surface area contributed by atoms with Crippen LogP contribution in [0.4, 0.5) is 5.13 Å². The molecule has 0 radical (unpaired) electrons. The summed E-state index contributed by atoms with van der Waals surface area (Å²) in [5.74, 6) is 0.0464. The van der Waals surface area contributed by atoms with Gasteiger partial charge in [0.2, 0.25) is 5.76 Å². The molecule has 27 heavy (non-hydrogen) atoms. The van der Waals surface area contributed by atoms with Crippen LogP contribution in [0.25, 0.3) is 10.2 Å². The smallest absolute Gasteiger partial charge is 0.298 e. The maximum absolute atomic E-state index is 13.0. The van der Waals surface area contributed by atoms with Crippen molar-refractivity contribution < 1.29 is 14.3 Å². The molecule has 6 nitrogen and oxygen atoms in total. The van der Waals surface area contributed by atoms with Gasteiger partial charge in [0.25, 0.3) is 5.91 Å². The molecule has 0 spiro atoms. The molecule has 0 fully saturated rings. The van der Waals surface area contributed by atoms with Crippen molar-refractivity contribution in [1.29, 1.82) is 0 Å². The predicted octanol–water partition coefficient (Wildman–Crippen LogP) is 3.51. The van der Waals surface area contributed by atoms with E-state index in [4.69, 9.17) is 14.5 Å². The van der Waals surface area contributed by atoms with E-state index in [0.29, 0.717) is 24.9 Å². The average Bonchev–Trinajstić information content (AvgIpc) is 3.06. The van der Waals surface area contributed by atoms with Crippen molar-refractivity contribution in [1.82, 2.24) is 9.88 Å². The molecule has 1 aromatic carbocycles. The minimum Gasteiger partial charge on any atom is -0.494 e. The van der Waals surface area contributed by atoms with E-state index >= 15 is 0 Å². The van der Waals surface area contributed by atoms with Gasteiger partial charge in [0.1, 0.15) is 19.5 Å². The minimum atomic E-state index is -0.197. The fourth-order valence-electron chi connectivity index (χ4n) is 2.77. The maximum atomic E-state index is 13.0. The van der Waals surface area contributed by atoms with Crippen LogP contribution in [0.15, 0.2) is 24.2 Å². The molecule has 0 saturated carbocycles. The number of thiazole rings is 1. The zero-order valence-electron chi connectivity index (χ0n) is 16.2. The fourth-order valence-corrected chi connectivity index (χ4v) is 3.82. The molecule has 1 aliphatic heterocycles. The van der Waals surface area contributed by atoms with Gasteiger partial charge in [-0.05, 0) is 58.1 Å². The summed E-state index contributed by atoms with van der Waals surface area (Å²) in [5, 5.41) is 0.701. The number of anilines is 1. The van der Waals surface area contributed by atoms with Crippen LogP contribution in [0.2, 0.25) is 0 Å². The SMILES string of the molecule is Cc1ccc2sc(N(CCCN(C)C)C(=O)C3=COCCO3)nc2c1C.Cl. The lowest BCUT2D eigenvalue weighted by Crippen LogP contribution is -2.36. The molecule has 8 heteroatoms. The second-order valence-corrected chi connectivity index (χ2v) is 7.67. The van der Waals surface area contributed by atoms with Gasteiger partial charge >= 0.3 is 0 Å². The van der Waals surface area contributed by atoms with Crippen molar-refractivity contribution in [3.05, 3.63) is 35.3 Å². The van der Waals surface area contributed by atoms with Gasteiger partial charge in [0, 0.05) is 6.54 Å². The molecule has 0 N–H and O–H groups in total. The summed E-state index contributed by atoms with van der Waals surface area (Å²) in [6, 6.07) is 4.17. The summed E-state index contributed by atoms with van der Waals surface area (Å²) in [4.78, 5) is 21.6. The van der Waals surface area contributed by atoms with Crippen LogP contribution < -0.4 is 4.90 Å². The van der Waals surface area contributed by atoms with E-state index in [2.05, 4.69) is 30.9 Å². The van der Waals surface area contributed by atoms with Crippen molar-refractivity contribution in [3.63, 3.8) is 0 Å². The Morgan fingerprint density at radius 2 is 2.00 bits per heavy atom. The third-order valence-corrected chi connectivity index (χ3v) is 5.44. The van der Waals surface area contributed by atoms with Crippen molar-refractivity contribution in [2.75, 3.05) is 45.3 Å². The van der Waals surface area contributed by atoms with E-state index in [-0.39, 0.29) is 24.1 Å². The second kappa shape index (κ2) is 9.39. The van der Waals surface area contributed by atoms with Gasteiger partial charge in [-0.25, -0.2) is 4.98 Å². The van der Waals surface area contributed by atoms with Crippen molar-refractivity contribution in [2.24, 2.45) is 0 Å². The highest BCUT2D eigenvalue weighted by Gasteiger charge is 2.26. The number of ether oxygens (including phenoxy) is 2. The number of hydrogen-bond donors (Lipinski definition) is 0. The lowest BCUT2D eigenvalue weighted by Gasteiger charge is -2.23. The Morgan fingerprint density at radius 1 is 1.22 bits per heavy atom. The highest BCUT2D eigenvalue weighted by Crippen LogP contribution is 2.32. The van der Waals surface area contributed by atoms with Gasteiger partial charge in [0.15, 0.2) is 5.13 Å². The van der Waals surface area contributed by atoms with Gasteiger partial charge in [-0.1, -0.05) is 17.4 Å². The van der Waals surface area contributed by atoms with Crippen LogP contribution in [0.1, 0.15) is 17.5 Å². The molecule has 0 aliphatic carbocycles. The molecule has 0 saturated heterocycles. The first-order chi connectivity index (χ1) is 12.5. The number of halogens is 1. The molecule has 2 aromatic rings. The molecule has 2 heterocycles. The number of fused-ring (bicyclic) bond motifs is 1. The molecule has 3 rings (SSSR count). The summed E-state index contributed by atoms with van der Waals surface area (Å²) in [7, 11) is 4.05. The molecule has 1 aromatic heterocycles. The summed E-state index contributed by atoms with van der Waals surface area (Å²) in [6.45, 7) is 6.48. The molecule has 0 atom stereocenters. The van der Waals surface area contributed by atoms with E-state index in [1.807, 2.05) is 14.1 Å². The molecule has 0 unspecified atom stereocenters. The minimum absolute atomic E-state index is 0. The van der Waals surface area contributed by atoms with Crippen LogP contribution in [-0.2, 0) is 14.3 Å². The molecule has 1 aliphatic rings. The first-order valence-corrected chi connectivity index (χ1v) is 9.57. The second-order valence-electron chi connectivity index (χ2n) is 6.67. The van der Waals surface area contributed by atoms with Gasteiger partial charge in [-0.3, -0.25) is 9.69 Å². The van der Waals surface area contributed by atoms with Crippen molar-refractivity contribution >= 4 is 45.0 Å². The number of aromatic nitrogens is 1. The van der Waals surface area contributed by atoms with Gasteiger partial charge in [-0.2, -0.15) is 0 Å². The first kappa shape index (κ1) is 21.5. The van der Waals surface area contributed by atoms with E-state index in [1.165, 1.54) is 23.2 Å². The molecule has 1 amide bonds. The molecular formula is C19H26ClN3O3S. The molecule has 0 bridgehead atoms. The lowest BCUT2D eigenvalue weighted by atomic mass is 10.1. The van der Waals surface area contributed by atoms with Crippen LogP contribution in [0.3, 0.4) is 0 Å². The topological polar surface area (TPSA) is 54.9 Å². The first-order valence-electron chi connectivity index (χ1n) is 8.75. The number of amides is 1. The number of aryl methyl sites for hydroxylation is 2. The standard InChI is InChI=1S/C19H25N3O3S.ClH/c1-13-6-7-16-17(14(13)2)20-19(26-16)22(9-5-8-21(3)4)18(23)15-12-24-10-11-25-15;/h6-7,12H,5,8-11H2,1-4H3;1H. The van der Waals surface area contributed by atoms with Gasteiger partial charge in [0.05, 0.1) is 10.2 Å². The van der Waals surface area contributed by atoms with Crippen LogP contribution in [-0.4, -0.2) is 56.2 Å². The zero-order valence-corrected chi connectivity index (χ0v) is 17.8. The van der Waals surface area contributed by atoms with Crippen LogP contribution in [0.5, 0.6) is 0 Å². The summed E-state index contributed by atoms with van der Waals surface area (Å²) < 4.78 is 11.9. The van der Waals surface area contributed by atoms with E-state index in [9.17, 15) is 4.79 Å². The summed E-state index contributed by atoms with van der Waals surface area (Å²) in [6.07, 6.45) is 2.26. The number of nitrogens with zero attached hydrogens (tertiary/aromatic N) is 3. The Bertz CT molecular complexity index is 835. The highest BCUT2D eigenvalue weighted by molar-refractivity contribution is 7.22. The quantitative estimate of drug-likeness (QED) is 0.728. The highest BCUT2D eigenvalue weighted by atomic mass is 35.5. The summed E-state index contributed by atoms with van der Waals surface area (Å²) in [5.41, 5.74) is 3.32. The maximum Gasteiger partial charge on any atom is 0.298 e. The number of hydrogen-bond acceptors (Lipinski definition) is 6. The number of benzene rings is 1. The van der Waals surface area contributed by atoms with Crippen molar-refractivity contribution in [2.45, 2.75) is 20.3 Å². The lowest BCUT2D eigenvalue weighted by molar-refractivity contribution is -0.119. The normalized spacial score (nSPS) is 13.6. The van der Waals surface area contributed by atoms with Crippen molar-refractivity contribution in [3.8, 4) is 0 Å². The zero-order chi connectivity index (χ0) is 18.7. The Labute approximate surface area is 170 Å². The van der Waals surface area contributed by atoms with E-state index in [1.54, 1.807) is 4.90 Å². The van der Waals surface area contributed by atoms with Crippen LogP contribution >= 0.6 is 23.7 Å². The monoisotopic (exact) mass is 411 g/mol.